The summed E-state index contributed by atoms with van der Waals surface area (Å²) in [5.41, 5.74) is 3.51. The zero-order valence-corrected chi connectivity index (χ0v) is 12.1. The Hall–Kier alpha value is -1.65. The number of H-pyrrole nitrogens is 2. The lowest BCUT2D eigenvalue weighted by atomic mass is 10.1. The molecule has 0 aliphatic heterocycles. The Balaban J connectivity index is 1.84. The van der Waals surface area contributed by atoms with Crippen molar-refractivity contribution in [2.75, 3.05) is 0 Å². The molecular formula is C14H23N5. The van der Waals surface area contributed by atoms with Gasteiger partial charge in [0.25, 0.3) is 0 Å². The molecule has 5 nitrogen and oxygen atoms in total. The van der Waals surface area contributed by atoms with E-state index in [9.17, 15) is 0 Å². The van der Waals surface area contributed by atoms with E-state index in [0.717, 1.165) is 42.3 Å². The molecule has 0 atom stereocenters. The highest BCUT2D eigenvalue weighted by molar-refractivity contribution is 5.22. The van der Waals surface area contributed by atoms with Crippen molar-refractivity contribution in [2.45, 2.75) is 59.3 Å². The second-order valence-electron chi connectivity index (χ2n) is 5.08. The minimum atomic E-state index is 0.843. The minimum Gasteiger partial charge on any atom is -0.282 e. The monoisotopic (exact) mass is 261 g/mol. The lowest BCUT2D eigenvalue weighted by molar-refractivity contribution is 0.695. The summed E-state index contributed by atoms with van der Waals surface area (Å²) in [5.74, 6) is 1.91. The fourth-order valence-corrected chi connectivity index (χ4v) is 2.11. The van der Waals surface area contributed by atoms with Gasteiger partial charge in [-0.25, -0.2) is 4.98 Å². The van der Waals surface area contributed by atoms with Gasteiger partial charge >= 0.3 is 0 Å². The molecule has 0 aliphatic carbocycles. The van der Waals surface area contributed by atoms with E-state index >= 15 is 0 Å². The summed E-state index contributed by atoms with van der Waals surface area (Å²) in [6.45, 7) is 6.35. The molecular weight excluding hydrogens is 238 g/mol. The van der Waals surface area contributed by atoms with Crippen LogP contribution < -0.4 is 0 Å². The number of nitrogens with one attached hydrogen (secondary N) is 2. The van der Waals surface area contributed by atoms with Crippen molar-refractivity contribution in [2.24, 2.45) is 0 Å². The van der Waals surface area contributed by atoms with Gasteiger partial charge in [0.1, 0.15) is 5.82 Å². The Morgan fingerprint density at radius 1 is 0.947 bits per heavy atom. The van der Waals surface area contributed by atoms with E-state index in [4.69, 9.17) is 0 Å². The smallest absolute Gasteiger partial charge is 0.151 e. The molecule has 0 fully saturated rings. The Bertz CT molecular complexity index is 512. The lowest BCUT2D eigenvalue weighted by Gasteiger charge is -1.96. The lowest BCUT2D eigenvalue weighted by Crippen LogP contribution is -1.96. The largest absolute Gasteiger partial charge is 0.282 e. The molecule has 0 saturated carbocycles. The van der Waals surface area contributed by atoms with Gasteiger partial charge < -0.3 is 0 Å². The summed E-state index contributed by atoms with van der Waals surface area (Å²) in [4.78, 5) is 4.53. The fraction of sp³-hybridized carbons (Fsp3) is 0.643. The molecule has 0 radical (unpaired) electrons. The summed E-state index contributed by atoms with van der Waals surface area (Å²) in [6.07, 6.45) is 6.41. The molecule has 2 heterocycles. The van der Waals surface area contributed by atoms with Crippen LogP contribution in [0.1, 0.15) is 54.8 Å². The van der Waals surface area contributed by atoms with Crippen molar-refractivity contribution in [1.82, 2.24) is 25.4 Å². The van der Waals surface area contributed by atoms with Crippen molar-refractivity contribution < 1.29 is 0 Å². The first-order chi connectivity index (χ1) is 9.20. The van der Waals surface area contributed by atoms with E-state index in [0.29, 0.717) is 0 Å². The van der Waals surface area contributed by atoms with Gasteiger partial charge in [0.05, 0.1) is 5.69 Å². The second kappa shape index (κ2) is 6.50. The van der Waals surface area contributed by atoms with Gasteiger partial charge in [0, 0.05) is 18.5 Å². The normalized spacial score (nSPS) is 11.1. The van der Waals surface area contributed by atoms with Crippen molar-refractivity contribution in [3.05, 3.63) is 28.6 Å². The summed E-state index contributed by atoms with van der Waals surface area (Å²) in [5, 5.41) is 14.6. The fourth-order valence-electron chi connectivity index (χ4n) is 2.11. The van der Waals surface area contributed by atoms with Crippen LogP contribution in [-0.2, 0) is 19.3 Å². The number of aromatic amines is 2. The number of hydrogen-bond donors (Lipinski definition) is 2. The molecule has 2 aromatic rings. The SMILES string of the molecule is CCCCCc1nc(CCc2n[nH]c(C)c2C)n[nH]1. The van der Waals surface area contributed by atoms with E-state index in [-0.39, 0.29) is 0 Å². The molecule has 0 spiro atoms. The quantitative estimate of drug-likeness (QED) is 0.753. The molecule has 0 amide bonds. The average Bonchev–Trinajstić information content (AvgIpc) is 2.97. The minimum absolute atomic E-state index is 0.843. The molecule has 0 unspecified atom stereocenters. The molecule has 2 rings (SSSR count). The van der Waals surface area contributed by atoms with Gasteiger partial charge in [-0.2, -0.15) is 10.2 Å². The summed E-state index contributed by atoms with van der Waals surface area (Å²) in [6, 6.07) is 0. The summed E-state index contributed by atoms with van der Waals surface area (Å²) < 4.78 is 0. The Morgan fingerprint density at radius 3 is 2.47 bits per heavy atom. The van der Waals surface area contributed by atoms with E-state index in [2.05, 4.69) is 39.2 Å². The first kappa shape index (κ1) is 13.8. The number of nitrogens with zero attached hydrogens (tertiary/aromatic N) is 3. The summed E-state index contributed by atoms with van der Waals surface area (Å²) >= 11 is 0. The van der Waals surface area contributed by atoms with Crippen LogP contribution in [0.3, 0.4) is 0 Å². The van der Waals surface area contributed by atoms with E-state index < -0.39 is 0 Å². The maximum Gasteiger partial charge on any atom is 0.151 e. The van der Waals surface area contributed by atoms with Crippen molar-refractivity contribution in [1.29, 1.82) is 0 Å². The van der Waals surface area contributed by atoms with E-state index in [1.807, 2.05) is 6.92 Å². The number of aromatic nitrogens is 5. The number of rotatable bonds is 7. The third-order valence-corrected chi connectivity index (χ3v) is 3.53. The highest BCUT2D eigenvalue weighted by atomic mass is 15.2. The van der Waals surface area contributed by atoms with Gasteiger partial charge in [-0.1, -0.05) is 19.8 Å². The van der Waals surface area contributed by atoms with Crippen molar-refractivity contribution in [3.63, 3.8) is 0 Å². The molecule has 2 aromatic heterocycles. The van der Waals surface area contributed by atoms with Crippen molar-refractivity contribution >= 4 is 0 Å². The van der Waals surface area contributed by atoms with Crippen LogP contribution in [-0.4, -0.2) is 25.4 Å². The van der Waals surface area contributed by atoms with Crippen LogP contribution in [0.5, 0.6) is 0 Å². The third kappa shape index (κ3) is 3.66. The molecule has 0 aliphatic rings. The number of hydrogen-bond acceptors (Lipinski definition) is 3. The standard InChI is InChI=1S/C14H23N5/c1-4-5-6-7-13-15-14(19-18-13)9-8-12-10(2)11(3)16-17-12/h4-9H2,1-3H3,(H,16,17)(H,15,18,19). The van der Waals surface area contributed by atoms with Gasteiger partial charge in [-0.05, 0) is 32.3 Å². The predicted octanol–water partition coefficient (Wildman–Crippen LogP) is 2.66. The van der Waals surface area contributed by atoms with Gasteiger partial charge in [-0.15, -0.1) is 0 Å². The Kier molecular flexibility index (Phi) is 4.71. The predicted molar refractivity (Wildman–Crippen MR) is 75.1 cm³/mol. The third-order valence-electron chi connectivity index (χ3n) is 3.53. The van der Waals surface area contributed by atoms with Gasteiger partial charge in [0.15, 0.2) is 5.82 Å². The molecule has 2 N–H and O–H groups in total. The zero-order valence-electron chi connectivity index (χ0n) is 12.1. The maximum absolute atomic E-state index is 4.53. The number of unbranched alkanes of at least 4 members (excludes halogenated alkanes) is 2. The first-order valence-electron chi connectivity index (χ1n) is 7.11. The molecule has 0 saturated heterocycles. The highest BCUT2D eigenvalue weighted by Gasteiger charge is 2.08. The Labute approximate surface area is 114 Å². The molecule has 104 valence electrons. The van der Waals surface area contributed by atoms with E-state index in [1.165, 1.54) is 24.8 Å². The molecule has 0 aromatic carbocycles. The zero-order chi connectivity index (χ0) is 13.7. The Morgan fingerprint density at radius 2 is 1.79 bits per heavy atom. The number of aryl methyl sites for hydroxylation is 4. The summed E-state index contributed by atoms with van der Waals surface area (Å²) in [7, 11) is 0. The second-order valence-corrected chi connectivity index (χ2v) is 5.08. The molecule has 5 heteroatoms. The van der Waals surface area contributed by atoms with Crippen molar-refractivity contribution in [3.8, 4) is 0 Å². The average molecular weight is 261 g/mol. The first-order valence-corrected chi connectivity index (χ1v) is 7.11. The van der Waals surface area contributed by atoms with Crippen LogP contribution in [0.25, 0.3) is 0 Å². The van der Waals surface area contributed by atoms with Crippen LogP contribution in [0.15, 0.2) is 0 Å². The molecule has 0 bridgehead atoms. The van der Waals surface area contributed by atoms with Crippen LogP contribution >= 0.6 is 0 Å². The molecule has 19 heavy (non-hydrogen) atoms. The van der Waals surface area contributed by atoms with Crippen LogP contribution in [0.2, 0.25) is 0 Å². The van der Waals surface area contributed by atoms with E-state index in [1.54, 1.807) is 0 Å². The van der Waals surface area contributed by atoms with Gasteiger partial charge in [-0.3, -0.25) is 10.2 Å². The van der Waals surface area contributed by atoms with Crippen LogP contribution in [0.4, 0.5) is 0 Å². The van der Waals surface area contributed by atoms with Gasteiger partial charge in [0.2, 0.25) is 0 Å². The van der Waals surface area contributed by atoms with Crippen LogP contribution in [0, 0.1) is 13.8 Å². The topological polar surface area (TPSA) is 70.2 Å². The highest BCUT2D eigenvalue weighted by Crippen LogP contribution is 2.11. The maximum atomic E-state index is 4.53.